The molecule has 1 saturated carbocycles. The van der Waals surface area contributed by atoms with Gasteiger partial charge < -0.3 is 83.8 Å². The van der Waals surface area contributed by atoms with Crippen LogP contribution in [0.1, 0.15) is 25.7 Å². The summed E-state index contributed by atoms with van der Waals surface area (Å²) in [7, 11) is 0. The number of nitrogens with two attached hydrogens (primary N) is 5. The third-order valence-corrected chi connectivity index (χ3v) is 7.90. The van der Waals surface area contributed by atoms with E-state index in [1.807, 2.05) is 0 Å². The van der Waals surface area contributed by atoms with E-state index in [-0.39, 0.29) is 45.2 Å². The second kappa shape index (κ2) is 16.1. The Labute approximate surface area is 239 Å². The molecule has 17 nitrogen and oxygen atoms in total. The molecular weight excluding hydrogens is 546 g/mol. The molecule has 0 radical (unpaired) electrons. The van der Waals surface area contributed by atoms with Crippen LogP contribution in [0.3, 0.4) is 0 Å². The number of hydrogen-bond donors (Lipinski definition) is 12. The smallest absolute Gasteiger partial charge is 0.249 e. The molecule has 0 aromatic heterocycles. The van der Waals surface area contributed by atoms with Crippen LogP contribution in [0.5, 0.6) is 0 Å². The van der Waals surface area contributed by atoms with Crippen molar-refractivity contribution in [2.75, 3.05) is 32.8 Å². The number of carbonyl (C=O) groups excluding carboxylic acids is 1. The van der Waals surface area contributed by atoms with Crippen LogP contribution in [0.2, 0.25) is 0 Å². The van der Waals surface area contributed by atoms with Gasteiger partial charge in [0.1, 0.15) is 24.4 Å². The average molecular weight is 596 g/mol. The molecule has 14 atom stereocenters. The van der Waals surface area contributed by atoms with Crippen LogP contribution in [0.15, 0.2) is 0 Å². The fourth-order valence-corrected chi connectivity index (χ4v) is 5.52. The van der Waals surface area contributed by atoms with Crippen LogP contribution in [-0.2, 0) is 23.7 Å². The zero-order valence-corrected chi connectivity index (χ0v) is 23.1. The van der Waals surface area contributed by atoms with Crippen molar-refractivity contribution in [1.82, 2.24) is 10.6 Å². The van der Waals surface area contributed by atoms with Gasteiger partial charge in [0.25, 0.3) is 0 Å². The van der Waals surface area contributed by atoms with Gasteiger partial charge in [-0.3, -0.25) is 4.79 Å². The summed E-state index contributed by atoms with van der Waals surface area (Å²) in [6.07, 6.45) is -8.49. The van der Waals surface area contributed by atoms with Crippen molar-refractivity contribution in [2.45, 2.75) is 111 Å². The standard InChI is InChI=1S/C24H49N7O10/c25-4-3-14(34)22(37)31-13-7-12(28)20(40-23-11(27)2-1-10(8-26)38-23)17(30-5-6-32)21(13)41-24-19(36)16(29)18(35)15(9-33)39-24/h10-21,23-24,30,32-36H,1-9,25-29H2,(H,31,37)/t10?,11?,12-,13+,14-,15?,16-,17?,18-,19?,20?,21-,23+,24+/m0/s1. The minimum Gasteiger partial charge on any atom is -0.395 e. The van der Waals surface area contributed by atoms with E-state index in [9.17, 15) is 30.3 Å². The van der Waals surface area contributed by atoms with Crippen molar-refractivity contribution in [3.63, 3.8) is 0 Å². The van der Waals surface area contributed by atoms with Gasteiger partial charge in [0, 0.05) is 19.1 Å². The van der Waals surface area contributed by atoms with Crippen molar-refractivity contribution in [3.05, 3.63) is 0 Å². The van der Waals surface area contributed by atoms with Gasteiger partial charge in [0.15, 0.2) is 12.6 Å². The number of aliphatic hydroxyl groups excluding tert-OH is 5. The molecule has 2 saturated heterocycles. The SMILES string of the molecule is NCC[C@H](O)C(=O)N[C@@H]1C[C@H](N)C(O[C@H]2OC(CN)CCC2N)C(NCCO)[C@H]1O[C@H]1OC(CO)[C@H](O)[C@H](N)C1O. The van der Waals surface area contributed by atoms with E-state index in [0.29, 0.717) is 12.8 Å². The Kier molecular flexibility index (Phi) is 13.5. The van der Waals surface area contributed by atoms with E-state index in [1.165, 1.54) is 0 Å². The first-order valence-electron chi connectivity index (χ1n) is 14.1. The van der Waals surface area contributed by atoms with E-state index in [4.69, 9.17) is 47.6 Å². The second-order valence-electron chi connectivity index (χ2n) is 10.9. The summed E-state index contributed by atoms with van der Waals surface area (Å²) in [5.74, 6) is -0.713. The van der Waals surface area contributed by atoms with E-state index in [2.05, 4.69) is 10.6 Å². The Hall–Kier alpha value is -1.13. The van der Waals surface area contributed by atoms with E-state index < -0.39 is 91.9 Å². The predicted octanol–water partition coefficient (Wildman–Crippen LogP) is -6.81. The first-order valence-corrected chi connectivity index (χ1v) is 14.1. The van der Waals surface area contributed by atoms with Crippen LogP contribution in [0.4, 0.5) is 0 Å². The average Bonchev–Trinajstić information content (AvgIpc) is 2.95. The molecule has 6 unspecified atom stereocenters. The number of hydrogen-bond acceptors (Lipinski definition) is 16. The topological polar surface area (TPSA) is 309 Å². The summed E-state index contributed by atoms with van der Waals surface area (Å²) >= 11 is 0. The molecule has 2 aliphatic heterocycles. The summed E-state index contributed by atoms with van der Waals surface area (Å²) in [6, 6.07) is -4.11. The van der Waals surface area contributed by atoms with Gasteiger partial charge in [-0.1, -0.05) is 0 Å². The summed E-state index contributed by atoms with van der Waals surface area (Å²) in [5, 5.41) is 56.5. The normalized spacial score (nSPS) is 42.5. The van der Waals surface area contributed by atoms with Gasteiger partial charge in [-0.25, -0.2) is 0 Å². The van der Waals surface area contributed by atoms with Crippen molar-refractivity contribution in [3.8, 4) is 0 Å². The molecule has 3 rings (SSSR count). The zero-order valence-electron chi connectivity index (χ0n) is 23.1. The van der Waals surface area contributed by atoms with E-state index >= 15 is 0 Å². The number of amides is 1. The lowest BCUT2D eigenvalue weighted by atomic mass is 9.81. The highest BCUT2D eigenvalue weighted by Crippen LogP contribution is 2.31. The van der Waals surface area contributed by atoms with Crippen molar-refractivity contribution in [1.29, 1.82) is 0 Å². The Morgan fingerprint density at radius 3 is 2.32 bits per heavy atom. The molecule has 1 aliphatic carbocycles. The first-order chi connectivity index (χ1) is 19.6. The maximum absolute atomic E-state index is 12.8. The van der Waals surface area contributed by atoms with Crippen LogP contribution in [0.25, 0.3) is 0 Å². The van der Waals surface area contributed by atoms with Gasteiger partial charge >= 0.3 is 0 Å². The zero-order chi connectivity index (χ0) is 30.3. The van der Waals surface area contributed by atoms with Crippen molar-refractivity contribution < 1.29 is 49.3 Å². The predicted molar refractivity (Wildman–Crippen MR) is 143 cm³/mol. The number of aliphatic hydroxyl groups is 5. The highest BCUT2D eigenvalue weighted by Gasteiger charge is 2.51. The molecule has 0 aromatic rings. The minimum atomic E-state index is -1.51. The third-order valence-electron chi connectivity index (χ3n) is 7.90. The summed E-state index contributed by atoms with van der Waals surface area (Å²) in [5.41, 5.74) is 30.1. The van der Waals surface area contributed by atoms with Gasteiger partial charge in [0.2, 0.25) is 5.91 Å². The van der Waals surface area contributed by atoms with Crippen LogP contribution in [0, 0.1) is 0 Å². The Morgan fingerprint density at radius 2 is 1.68 bits per heavy atom. The molecule has 41 heavy (non-hydrogen) atoms. The fraction of sp³-hybridized carbons (Fsp3) is 0.958. The number of rotatable bonds is 13. The van der Waals surface area contributed by atoms with E-state index in [1.54, 1.807) is 0 Å². The molecule has 240 valence electrons. The highest BCUT2D eigenvalue weighted by atomic mass is 16.7. The maximum Gasteiger partial charge on any atom is 0.249 e. The molecule has 17 N–H and O–H groups in total. The van der Waals surface area contributed by atoms with Crippen molar-refractivity contribution in [2.24, 2.45) is 28.7 Å². The molecular formula is C24H49N7O10. The number of nitrogens with one attached hydrogen (secondary N) is 2. The van der Waals surface area contributed by atoms with E-state index in [0.717, 1.165) is 0 Å². The van der Waals surface area contributed by atoms with Gasteiger partial charge in [-0.2, -0.15) is 0 Å². The van der Waals surface area contributed by atoms with Gasteiger partial charge in [-0.05, 0) is 32.2 Å². The number of carbonyl (C=O) groups is 1. The van der Waals surface area contributed by atoms with Gasteiger partial charge in [0.05, 0.1) is 55.7 Å². The number of ether oxygens (including phenoxy) is 4. The first kappa shape index (κ1) is 34.4. The summed E-state index contributed by atoms with van der Waals surface area (Å²) in [4.78, 5) is 12.8. The molecule has 0 aromatic carbocycles. The Morgan fingerprint density at radius 1 is 0.976 bits per heavy atom. The molecule has 3 fully saturated rings. The molecule has 0 spiro atoms. The third kappa shape index (κ3) is 8.49. The lowest BCUT2D eigenvalue weighted by molar-refractivity contribution is -0.303. The monoisotopic (exact) mass is 595 g/mol. The van der Waals surface area contributed by atoms with Crippen LogP contribution >= 0.6 is 0 Å². The molecule has 1 amide bonds. The lowest BCUT2D eigenvalue weighted by Gasteiger charge is -2.50. The van der Waals surface area contributed by atoms with Gasteiger partial charge in [-0.15, -0.1) is 0 Å². The molecule has 17 heteroatoms. The highest BCUT2D eigenvalue weighted by molar-refractivity contribution is 5.80. The molecule has 3 aliphatic rings. The Balaban J connectivity index is 1.92. The molecule has 0 bridgehead atoms. The van der Waals surface area contributed by atoms with Crippen LogP contribution in [-0.4, -0.2) is 150 Å². The van der Waals surface area contributed by atoms with Crippen LogP contribution < -0.4 is 39.3 Å². The quantitative estimate of drug-likeness (QED) is 0.0941. The molecule has 2 heterocycles. The minimum absolute atomic E-state index is 0.0165. The largest absolute Gasteiger partial charge is 0.395 e. The van der Waals surface area contributed by atoms with Crippen molar-refractivity contribution >= 4 is 5.91 Å². The maximum atomic E-state index is 12.8. The lowest BCUT2D eigenvalue weighted by Crippen LogP contribution is -2.71. The summed E-state index contributed by atoms with van der Waals surface area (Å²) in [6.45, 7) is -0.443. The second-order valence-corrected chi connectivity index (χ2v) is 10.9. The Bertz CT molecular complexity index is 804. The fourth-order valence-electron chi connectivity index (χ4n) is 5.52. The summed E-state index contributed by atoms with van der Waals surface area (Å²) < 4.78 is 24.2.